The summed E-state index contributed by atoms with van der Waals surface area (Å²) in [7, 11) is 1.52. The minimum absolute atomic E-state index is 0.226. The fourth-order valence-corrected chi connectivity index (χ4v) is 3.50. The SMILES string of the molecule is COc1nc(N)c2ncc(Cc3cnc(N4CCCCC4)c(C)c3)n2n1. The number of nitrogens with two attached hydrogens (primary N) is 1. The van der Waals surface area contributed by atoms with E-state index in [4.69, 9.17) is 15.5 Å². The second-order valence-electron chi connectivity index (χ2n) is 6.68. The van der Waals surface area contributed by atoms with Gasteiger partial charge in [0.1, 0.15) is 5.82 Å². The van der Waals surface area contributed by atoms with Crippen LogP contribution in [0.4, 0.5) is 11.6 Å². The van der Waals surface area contributed by atoms with Crippen LogP contribution in [0, 0.1) is 6.92 Å². The lowest BCUT2D eigenvalue weighted by molar-refractivity contribution is 0.371. The van der Waals surface area contributed by atoms with Gasteiger partial charge in [-0.2, -0.15) is 4.98 Å². The third-order valence-electron chi connectivity index (χ3n) is 4.77. The zero-order valence-corrected chi connectivity index (χ0v) is 15.1. The average Bonchev–Trinajstić information content (AvgIpc) is 3.06. The predicted octanol–water partition coefficient (Wildman–Crippen LogP) is 2.00. The van der Waals surface area contributed by atoms with Gasteiger partial charge in [-0.3, -0.25) is 0 Å². The maximum absolute atomic E-state index is 5.93. The molecule has 136 valence electrons. The highest BCUT2D eigenvalue weighted by Gasteiger charge is 2.16. The van der Waals surface area contributed by atoms with Gasteiger partial charge in [0.15, 0.2) is 11.5 Å². The van der Waals surface area contributed by atoms with Crippen LogP contribution in [0.5, 0.6) is 6.01 Å². The van der Waals surface area contributed by atoms with Crippen LogP contribution in [0.15, 0.2) is 18.5 Å². The number of piperidine rings is 1. The highest BCUT2D eigenvalue weighted by molar-refractivity contribution is 5.60. The molecule has 1 aliphatic heterocycles. The van der Waals surface area contributed by atoms with Gasteiger partial charge >= 0.3 is 6.01 Å². The maximum Gasteiger partial charge on any atom is 0.336 e. The Labute approximate surface area is 152 Å². The van der Waals surface area contributed by atoms with Gasteiger partial charge in [-0.1, -0.05) is 6.07 Å². The molecule has 1 fully saturated rings. The molecular formula is C18H23N7O. The number of imidazole rings is 1. The van der Waals surface area contributed by atoms with Crippen molar-refractivity contribution < 1.29 is 4.74 Å². The molecule has 0 spiro atoms. The predicted molar refractivity (Wildman–Crippen MR) is 99.6 cm³/mol. The van der Waals surface area contributed by atoms with Crippen molar-refractivity contribution in [2.45, 2.75) is 32.6 Å². The van der Waals surface area contributed by atoms with Crippen LogP contribution in [-0.2, 0) is 6.42 Å². The molecule has 8 nitrogen and oxygen atoms in total. The zero-order valence-electron chi connectivity index (χ0n) is 15.1. The molecular weight excluding hydrogens is 330 g/mol. The number of ether oxygens (including phenoxy) is 1. The molecule has 0 aromatic carbocycles. The van der Waals surface area contributed by atoms with Crippen LogP contribution in [0.3, 0.4) is 0 Å². The molecule has 0 radical (unpaired) electrons. The van der Waals surface area contributed by atoms with Crippen LogP contribution in [0.2, 0.25) is 0 Å². The fraction of sp³-hybridized carbons (Fsp3) is 0.444. The Kier molecular flexibility index (Phi) is 4.32. The molecule has 3 aromatic rings. The number of aryl methyl sites for hydroxylation is 1. The minimum atomic E-state index is 0.226. The second kappa shape index (κ2) is 6.78. The standard InChI is InChI=1S/C18H23N7O/c1-12-8-13(10-20-16(12)24-6-4-3-5-7-24)9-14-11-21-17-15(19)22-18(26-2)23-25(14)17/h8,10-11H,3-7,9H2,1-2H3,(H2,19,22,23). The van der Waals surface area contributed by atoms with Gasteiger partial charge in [0.25, 0.3) is 0 Å². The Balaban J connectivity index is 1.62. The topological polar surface area (TPSA) is 94.5 Å². The van der Waals surface area contributed by atoms with Crippen molar-refractivity contribution in [3.63, 3.8) is 0 Å². The van der Waals surface area contributed by atoms with Crippen molar-refractivity contribution in [3.05, 3.63) is 35.3 Å². The van der Waals surface area contributed by atoms with Gasteiger partial charge < -0.3 is 15.4 Å². The number of hydrogen-bond acceptors (Lipinski definition) is 7. The lowest BCUT2D eigenvalue weighted by atomic mass is 10.1. The van der Waals surface area contributed by atoms with E-state index < -0.39 is 0 Å². The van der Waals surface area contributed by atoms with Crippen molar-refractivity contribution in [3.8, 4) is 6.01 Å². The van der Waals surface area contributed by atoms with Crippen LogP contribution in [-0.4, -0.2) is 44.8 Å². The van der Waals surface area contributed by atoms with Gasteiger partial charge in [0.2, 0.25) is 0 Å². The van der Waals surface area contributed by atoms with Crippen molar-refractivity contribution in [2.24, 2.45) is 0 Å². The minimum Gasteiger partial charge on any atom is -0.466 e. The summed E-state index contributed by atoms with van der Waals surface area (Å²) in [4.78, 5) is 15.5. The normalized spacial score (nSPS) is 14.8. The van der Waals surface area contributed by atoms with Gasteiger partial charge in [0, 0.05) is 25.7 Å². The first kappa shape index (κ1) is 16.6. The molecule has 4 heterocycles. The Bertz CT molecular complexity index is 931. The summed E-state index contributed by atoms with van der Waals surface area (Å²) in [5, 5.41) is 4.34. The average molecular weight is 353 g/mol. The molecule has 2 N–H and O–H groups in total. The molecule has 4 rings (SSSR count). The van der Waals surface area contributed by atoms with E-state index in [1.54, 1.807) is 10.7 Å². The fourth-order valence-electron chi connectivity index (χ4n) is 3.50. The number of pyridine rings is 1. The van der Waals surface area contributed by atoms with E-state index in [0.717, 1.165) is 30.2 Å². The number of nitrogens with zero attached hydrogens (tertiary/aromatic N) is 6. The van der Waals surface area contributed by atoms with Gasteiger partial charge in [0.05, 0.1) is 19.0 Å². The number of hydrogen-bond donors (Lipinski definition) is 1. The third-order valence-corrected chi connectivity index (χ3v) is 4.77. The molecule has 1 aliphatic rings. The lowest BCUT2D eigenvalue weighted by Gasteiger charge is -2.29. The highest BCUT2D eigenvalue weighted by Crippen LogP contribution is 2.23. The first-order valence-corrected chi connectivity index (χ1v) is 8.90. The monoisotopic (exact) mass is 353 g/mol. The summed E-state index contributed by atoms with van der Waals surface area (Å²) in [5.74, 6) is 1.40. The lowest BCUT2D eigenvalue weighted by Crippen LogP contribution is -2.30. The summed E-state index contributed by atoms with van der Waals surface area (Å²) in [6, 6.07) is 2.42. The molecule has 0 unspecified atom stereocenters. The number of fused-ring (bicyclic) bond motifs is 1. The number of methoxy groups -OCH3 is 1. The largest absolute Gasteiger partial charge is 0.466 e. The molecule has 0 aliphatic carbocycles. The molecule has 8 heteroatoms. The smallest absolute Gasteiger partial charge is 0.336 e. The Hall–Kier alpha value is -2.90. The van der Waals surface area contributed by atoms with Gasteiger partial charge in [-0.05, 0) is 37.3 Å². The molecule has 0 bridgehead atoms. The van der Waals surface area contributed by atoms with E-state index >= 15 is 0 Å². The van der Waals surface area contributed by atoms with E-state index in [1.165, 1.54) is 31.9 Å². The zero-order chi connectivity index (χ0) is 18.1. The first-order chi connectivity index (χ1) is 12.7. The molecule has 3 aromatic heterocycles. The van der Waals surface area contributed by atoms with Crippen molar-refractivity contribution in [1.29, 1.82) is 0 Å². The van der Waals surface area contributed by atoms with Gasteiger partial charge in [-0.15, -0.1) is 5.10 Å². The summed E-state index contributed by atoms with van der Waals surface area (Å²) >= 11 is 0. The van der Waals surface area contributed by atoms with Crippen LogP contribution in [0.1, 0.15) is 36.1 Å². The summed E-state index contributed by atoms with van der Waals surface area (Å²) in [5.41, 5.74) is 9.70. The van der Waals surface area contributed by atoms with E-state index in [2.05, 4.69) is 33.0 Å². The molecule has 26 heavy (non-hydrogen) atoms. The number of anilines is 2. The number of rotatable bonds is 4. The van der Waals surface area contributed by atoms with E-state index in [-0.39, 0.29) is 6.01 Å². The summed E-state index contributed by atoms with van der Waals surface area (Å²) in [6.45, 7) is 4.31. The van der Waals surface area contributed by atoms with Crippen molar-refractivity contribution >= 4 is 17.3 Å². The van der Waals surface area contributed by atoms with E-state index in [1.807, 2.05) is 6.20 Å². The van der Waals surface area contributed by atoms with Crippen LogP contribution >= 0.6 is 0 Å². The maximum atomic E-state index is 5.93. The number of nitrogen functional groups attached to an aromatic ring is 1. The van der Waals surface area contributed by atoms with Gasteiger partial charge in [-0.25, -0.2) is 14.5 Å². The summed E-state index contributed by atoms with van der Waals surface area (Å²) < 4.78 is 6.80. The Morgan fingerprint density at radius 2 is 1.96 bits per heavy atom. The van der Waals surface area contributed by atoms with Crippen molar-refractivity contribution in [1.82, 2.24) is 24.6 Å². The Morgan fingerprint density at radius 1 is 1.15 bits per heavy atom. The van der Waals surface area contributed by atoms with E-state index in [0.29, 0.717) is 17.9 Å². The van der Waals surface area contributed by atoms with Crippen LogP contribution in [0.25, 0.3) is 5.65 Å². The van der Waals surface area contributed by atoms with E-state index in [9.17, 15) is 0 Å². The first-order valence-electron chi connectivity index (χ1n) is 8.90. The highest BCUT2D eigenvalue weighted by atomic mass is 16.5. The molecule has 0 atom stereocenters. The Morgan fingerprint density at radius 3 is 2.69 bits per heavy atom. The third kappa shape index (κ3) is 3.02. The molecule has 0 saturated carbocycles. The second-order valence-corrected chi connectivity index (χ2v) is 6.68. The quantitative estimate of drug-likeness (QED) is 0.766. The molecule has 1 saturated heterocycles. The molecule has 0 amide bonds. The van der Waals surface area contributed by atoms with Crippen molar-refractivity contribution in [2.75, 3.05) is 30.8 Å². The number of aromatic nitrogens is 5. The van der Waals surface area contributed by atoms with Crippen LogP contribution < -0.4 is 15.4 Å². The summed E-state index contributed by atoms with van der Waals surface area (Å²) in [6.07, 6.45) is 8.18.